The van der Waals surface area contributed by atoms with Crippen LogP contribution in [0, 0.1) is 0 Å². The van der Waals surface area contributed by atoms with Crippen molar-refractivity contribution in [2.24, 2.45) is 0 Å². The van der Waals surface area contributed by atoms with E-state index in [4.69, 9.17) is 4.74 Å². The van der Waals surface area contributed by atoms with E-state index in [0.29, 0.717) is 5.56 Å². The summed E-state index contributed by atoms with van der Waals surface area (Å²) in [5, 5.41) is 0. The van der Waals surface area contributed by atoms with Crippen molar-refractivity contribution < 1.29 is 14.3 Å². The Morgan fingerprint density at radius 1 is 0.821 bits per heavy atom. The molecule has 0 N–H and O–H groups in total. The Balaban J connectivity index is 1.95. The van der Waals surface area contributed by atoms with Crippen molar-refractivity contribution in [1.82, 2.24) is 0 Å². The number of rotatable bonds is 8. The average Bonchev–Trinajstić information content (AvgIpc) is 2.77. The molecule has 0 radical (unpaired) electrons. The molecule has 0 bridgehead atoms. The van der Waals surface area contributed by atoms with Crippen molar-refractivity contribution >= 4 is 31.2 Å². The maximum absolute atomic E-state index is 13.0. The van der Waals surface area contributed by atoms with Gasteiger partial charge in [-0.05, 0) is 0 Å². The second kappa shape index (κ2) is 10.0. The molecule has 0 amide bonds. The van der Waals surface area contributed by atoms with Gasteiger partial charge in [0.15, 0.2) is 0 Å². The van der Waals surface area contributed by atoms with Gasteiger partial charge in [0.2, 0.25) is 0 Å². The third-order valence-electron chi connectivity index (χ3n) is 4.53. The molecule has 3 aromatic carbocycles. The van der Waals surface area contributed by atoms with Gasteiger partial charge in [-0.25, -0.2) is 0 Å². The second-order valence-corrected chi connectivity index (χ2v) is 8.93. The predicted octanol–water partition coefficient (Wildman–Crippen LogP) is 4.03. The first-order chi connectivity index (χ1) is 13.7. The van der Waals surface area contributed by atoms with E-state index < -0.39 is 0 Å². The van der Waals surface area contributed by atoms with Gasteiger partial charge in [-0.1, -0.05) is 0 Å². The first kappa shape index (κ1) is 20.1. The van der Waals surface area contributed by atoms with E-state index in [-0.39, 0.29) is 43.9 Å². The number of benzene rings is 3. The van der Waals surface area contributed by atoms with E-state index in [9.17, 15) is 9.59 Å². The molecule has 0 saturated heterocycles. The summed E-state index contributed by atoms with van der Waals surface area (Å²) in [6.07, 6.45) is 0.266. The van der Waals surface area contributed by atoms with Gasteiger partial charge in [0.05, 0.1) is 0 Å². The van der Waals surface area contributed by atoms with Crippen LogP contribution in [-0.4, -0.2) is 33.8 Å². The Hall–Kier alpha value is -2.68. The van der Waals surface area contributed by atoms with E-state index in [1.165, 1.54) is 7.11 Å². The van der Waals surface area contributed by atoms with Crippen LogP contribution in [0.25, 0.3) is 0 Å². The molecule has 4 heteroatoms. The summed E-state index contributed by atoms with van der Waals surface area (Å²) in [6.45, 7) is 0. The fourth-order valence-electron chi connectivity index (χ4n) is 3.10. The van der Waals surface area contributed by atoms with Crippen molar-refractivity contribution in [3.05, 3.63) is 102 Å². The number of carbonyl (C=O) groups excluding carboxylic acids is 2. The van der Waals surface area contributed by atoms with Crippen molar-refractivity contribution in [2.45, 2.75) is 17.2 Å². The van der Waals surface area contributed by atoms with Gasteiger partial charge in [0, 0.05) is 0 Å². The molecule has 0 aliphatic heterocycles. The standard InChI is InChI=1S/C24H22O3Se/c1-27-24(26)23(28-20-15-9-4-10-16-20)21(18-11-5-2-6-12-18)17-22(25)19-13-7-3-8-14-19/h2-16,21,23H,17H2,1H3/t21-,23-/m0/s1. The van der Waals surface area contributed by atoms with Crippen LogP contribution < -0.4 is 4.46 Å². The molecule has 0 heterocycles. The van der Waals surface area contributed by atoms with Gasteiger partial charge in [0.25, 0.3) is 0 Å². The first-order valence-corrected chi connectivity index (χ1v) is 11.0. The number of methoxy groups -OCH3 is 1. The zero-order valence-electron chi connectivity index (χ0n) is 15.7. The molecule has 3 rings (SSSR count). The average molecular weight is 437 g/mol. The van der Waals surface area contributed by atoms with E-state index >= 15 is 0 Å². The zero-order valence-corrected chi connectivity index (χ0v) is 17.4. The Labute approximate surface area is 171 Å². The molecular weight excluding hydrogens is 415 g/mol. The molecule has 0 spiro atoms. The zero-order chi connectivity index (χ0) is 19.8. The monoisotopic (exact) mass is 438 g/mol. The summed E-state index contributed by atoms with van der Waals surface area (Å²) < 4.78 is 6.25. The molecule has 0 saturated carbocycles. The van der Waals surface area contributed by atoms with Crippen LogP contribution in [0.4, 0.5) is 0 Å². The third kappa shape index (κ3) is 5.19. The summed E-state index contributed by atoms with van der Waals surface area (Å²) in [5.41, 5.74) is 1.65. The van der Waals surface area contributed by atoms with Gasteiger partial charge < -0.3 is 0 Å². The predicted molar refractivity (Wildman–Crippen MR) is 112 cm³/mol. The van der Waals surface area contributed by atoms with Crippen molar-refractivity contribution in [1.29, 1.82) is 0 Å². The number of ketones is 1. The van der Waals surface area contributed by atoms with Crippen LogP contribution in [0.5, 0.6) is 0 Å². The minimum atomic E-state index is -0.380. The fraction of sp³-hybridized carbons (Fsp3) is 0.167. The Kier molecular flexibility index (Phi) is 7.18. The van der Waals surface area contributed by atoms with E-state index in [1.54, 1.807) is 0 Å². The molecule has 142 valence electrons. The van der Waals surface area contributed by atoms with Crippen molar-refractivity contribution in [2.75, 3.05) is 7.11 Å². The molecule has 0 unspecified atom stereocenters. The summed E-state index contributed by atoms with van der Waals surface area (Å²) in [5.74, 6) is -0.465. The molecule has 28 heavy (non-hydrogen) atoms. The van der Waals surface area contributed by atoms with Gasteiger partial charge in [-0.3, -0.25) is 0 Å². The van der Waals surface area contributed by atoms with Crippen molar-refractivity contribution in [3.63, 3.8) is 0 Å². The minimum absolute atomic E-state index is 0.0345. The topological polar surface area (TPSA) is 43.4 Å². The maximum atomic E-state index is 13.0. The number of carbonyl (C=O) groups is 2. The van der Waals surface area contributed by atoms with E-state index in [0.717, 1.165) is 10.0 Å². The van der Waals surface area contributed by atoms with Crippen LogP contribution in [-0.2, 0) is 9.53 Å². The normalized spacial score (nSPS) is 12.8. The summed E-state index contributed by atoms with van der Waals surface area (Å²) in [4.78, 5) is 25.3. The van der Waals surface area contributed by atoms with Gasteiger partial charge in [-0.2, -0.15) is 0 Å². The second-order valence-electron chi connectivity index (χ2n) is 6.39. The van der Waals surface area contributed by atoms with Gasteiger partial charge >= 0.3 is 172 Å². The summed E-state index contributed by atoms with van der Waals surface area (Å²) in [6, 6.07) is 29.0. The Morgan fingerprint density at radius 3 is 1.93 bits per heavy atom. The molecule has 0 aliphatic rings. The first-order valence-electron chi connectivity index (χ1n) is 9.11. The molecule has 3 nitrogen and oxygen atoms in total. The number of Topliss-reactive ketones (excluding diaryl/α,β-unsaturated/α-hetero) is 1. The Morgan fingerprint density at radius 2 is 1.36 bits per heavy atom. The molecule has 3 aromatic rings. The molecule has 0 fully saturated rings. The van der Waals surface area contributed by atoms with Gasteiger partial charge in [-0.15, -0.1) is 0 Å². The van der Waals surface area contributed by atoms with E-state index in [1.807, 2.05) is 91.0 Å². The third-order valence-corrected chi connectivity index (χ3v) is 7.30. The van der Waals surface area contributed by atoms with Crippen LogP contribution in [0.15, 0.2) is 91.0 Å². The fourth-order valence-corrected chi connectivity index (χ4v) is 5.65. The number of esters is 1. The van der Waals surface area contributed by atoms with Gasteiger partial charge in [0.1, 0.15) is 0 Å². The molecule has 2 atom stereocenters. The molecular formula is C24H22O3Se. The number of ether oxygens (including phenoxy) is 1. The quantitative estimate of drug-likeness (QED) is 0.304. The van der Waals surface area contributed by atoms with Crippen LogP contribution in [0.2, 0.25) is 4.82 Å². The number of hydrogen-bond acceptors (Lipinski definition) is 3. The molecule has 0 aliphatic carbocycles. The SMILES string of the molecule is COC(=O)[C@@H]([Se]c1ccccc1)[C@@H](CC(=O)c1ccccc1)c1ccccc1. The Bertz CT molecular complexity index is 895. The van der Waals surface area contributed by atoms with Crippen LogP contribution in [0.3, 0.4) is 0 Å². The molecule has 0 aromatic heterocycles. The summed E-state index contributed by atoms with van der Waals surface area (Å²) >= 11 is -0.161. The summed E-state index contributed by atoms with van der Waals surface area (Å²) in [7, 11) is 1.41. The van der Waals surface area contributed by atoms with E-state index in [2.05, 4.69) is 0 Å². The van der Waals surface area contributed by atoms with Crippen LogP contribution in [0.1, 0.15) is 28.3 Å². The number of hydrogen-bond donors (Lipinski definition) is 0. The van der Waals surface area contributed by atoms with Crippen LogP contribution >= 0.6 is 0 Å². The van der Waals surface area contributed by atoms with Crippen molar-refractivity contribution in [3.8, 4) is 0 Å².